The summed E-state index contributed by atoms with van der Waals surface area (Å²) < 4.78 is 5.79. The molecule has 0 spiro atoms. The molecule has 1 aromatic carbocycles. The number of ketones is 1. The van der Waals surface area contributed by atoms with Crippen molar-refractivity contribution in [2.24, 2.45) is 0 Å². The SMILES string of the molecule is COc1c(C(C)(C)C)cc(CC(=O)C2CCCN2)cc1C(C)(C)C. The van der Waals surface area contributed by atoms with Crippen molar-refractivity contribution in [3.63, 3.8) is 0 Å². The van der Waals surface area contributed by atoms with Crippen LogP contribution in [-0.4, -0.2) is 25.5 Å². The summed E-state index contributed by atoms with van der Waals surface area (Å²) >= 11 is 0. The minimum atomic E-state index is -0.0317. The van der Waals surface area contributed by atoms with E-state index in [1.54, 1.807) is 7.11 Å². The first-order valence-corrected chi connectivity index (χ1v) is 9.02. The van der Waals surface area contributed by atoms with Crippen molar-refractivity contribution in [1.82, 2.24) is 5.32 Å². The average molecular weight is 332 g/mol. The van der Waals surface area contributed by atoms with Gasteiger partial charge in [-0.3, -0.25) is 4.79 Å². The molecule has 0 radical (unpaired) electrons. The number of ether oxygens (including phenoxy) is 1. The van der Waals surface area contributed by atoms with E-state index in [-0.39, 0.29) is 16.9 Å². The Hall–Kier alpha value is -1.35. The summed E-state index contributed by atoms with van der Waals surface area (Å²) in [6.45, 7) is 14.1. The molecule has 134 valence electrons. The highest BCUT2D eigenvalue weighted by Crippen LogP contribution is 2.40. The number of Topliss-reactive ketones (excluding diaryl/α,β-unsaturated/α-hetero) is 1. The van der Waals surface area contributed by atoms with Crippen LogP contribution in [0.4, 0.5) is 0 Å². The number of carbonyl (C=O) groups is 1. The molecule has 1 atom stereocenters. The number of benzene rings is 1. The summed E-state index contributed by atoms with van der Waals surface area (Å²) in [5, 5.41) is 3.31. The zero-order valence-corrected chi connectivity index (χ0v) is 16.4. The van der Waals surface area contributed by atoms with Crippen molar-refractivity contribution in [2.75, 3.05) is 13.7 Å². The number of hydrogen-bond donors (Lipinski definition) is 1. The summed E-state index contributed by atoms with van der Waals surface area (Å²) in [6.07, 6.45) is 2.56. The smallest absolute Gasteiger partial charge is 0.154 e. The first-order chi connectivity index (χ1) is 11.0. The fourth-order valence-corrected chi connectivity index (χ4v) is 3.41. The molecule has 1 aromatic rings. The molecule has 1 saturated heterocycles. The third kappa shape index (κ3) is 4.18. The number of methoxy groups -OCH3 is 1. The fraction of sp³-hybridized carbons (Fsp3) is 0.667. The van der Waals surface area contributed by atoms with E-state index in [1.807, 2.05) is 0 Å². The normalized spacial score (nSPS) is 18.7. The van der Waals surface area contributed by atoms with Crippen molar-refractivity contribution >= 4 is 5.78 Å². The molecular weight excluding hydrogens is 298 g/mol. The van der Waals surface area contributed by atoms with E-state index in [4.69, 9.17) is 4.74 Å². The lowest BCUT2D eigenvalue weighted by Crippen LogP contribution is -2.32. The van der Waals surface area contributed by atoms with Crippen LogP contribution >= 0.6 is 0 Å². The maximum atomic E-state index is 12.6. The van der Waals surface area contributed by atoms with Gasteiger partial charge in [-0.15, -0.1) is 0 Å². The Morgan fingerprint density at radius 2 is 1.67 bits per heavy atom. The van der Waals surface area contributed by atoms with Gasteiger partial charge in [0.25, 0.3) is 0 Å². The third-order valence-corrected chi connectivity index (χ3v) is 4.80. The predicted molar refractivity (Wildman–Crippen MR) is 100 cm³/mol. The van der Waals surface area contributed by atoms with Gasteiger partial charge in [0.05, 0.1) is 13.2 Å². The zero-order chi connectivity index (χ0) is 18.1. The van der Waals surface area contributed by atoms with E-state index in [1.165, 1.54) is 11.1 Å². The zero-order valence-electron chi connectivity index (χ0n) is 16.4. The summed E-state index contributed by atoms with van der Waals surface area (Å²) in [7, 11) is 1.74. The van der Waals surface area contributed by atoms with Crippen LogP contribution in [0.5, 0.6) is 5.75 Å². The van der Waals surface area contributed by atoms with Gasteiger partial charge >= 0.3 is 0 Å². The van der Waals surface area contributed by atoms with Crippen LogP contribution in [-0.2, 0) is 22.0 Å². The molecule has 0 aliphatic carbocycles. The van der Waals surface area contributed by atoms with Gasteiger partial charge in [-0.2, -0.15) is 0 Å². The summed E-state index contributed by atoms with van der Waals surface area (Å²) in [5.41, 5.74) is 3.40. The molecule has 1 aliphatic rings. The number of hydrogen-bond acceptors (Lipinski definition) is 3. The molecule has 0 bridgehead atoms. The van der Waals surface area contributed by atoms with E-state index < -0.39 is 0 Å². The molecule has 24 heavy (non-hydrogen) atoms. The summed E-state index contributed by atoms with van der Waals surface area (Å²) in [5.74, 6) is 1.27. The van der Waals surface area contributed by atoms with Crippen LogP contribution in [0.15, 0.2) is 12.1 Å². The standard InChI is InChI=1S/C21H33NO2/c1-20(2,3)15-11-14(13-18(23)17-9-8-10-22-17)12-16(19(15)24-7)21(4,5)6/h11-12,17,22H,8-10,13H2,1-7H3. The maximum Gasteiger partial charge on any atom is 0.154 e. The monoisotopic (exact) mass is 331 g/mol. The largest absolute Gasteiger partial charge is 0.496 e. The maximum absolute atomic E-state index is 12.6. The minimum Gasteiger partial charge on any atom is -0.496 e. The van der Waals surface area contributed by atoms with Gasteiger partial charge in [0, 0.05) is 17.5 Å². The van der Waals surface area contributed by atoms with Crippen LogP contribution < -0.4 is 10.1 Å². The highest BCUT2D eigenvalue weighted by molar-refractivity contribution is 5.86. The van der Waals surface area contributed by atoms with Crippen molar-refractivity contribution in [3.05, 3.63) is 28.8 Å². The van der Waals surface area contributed by atoms with Gasteiger partial charge in [0.2, 0.25) is 0 Å². The number of carbonyl (C=O) groups excluding carboxylic acids is 1. The van der Waals surface area contributed by atoms with Gasteiger partial charge in [-0.05, 0) is 35.8 Å². The van der Waals surface area contributed by atoms with E-state index in [0.29, 0.717) is 12.2 Å². The molecule has 1 N–H and O–H groups in total. The van der Waals surface area contributed by atoms with Crippen LogP contribution in [0.3, 0.4) is 0 Å². The van der Waals surface area contributed by atoms with Crippen LogP contribution in [0.25, 0.3) is 0 Å². The predicted octanol–water partition coefficient (Wildman–Crippen LogP) is 4.15. The highest BCUT2D eigenvalue weighted by Gasteiger charge is 2.29. The first-order valence-electron chi connectivity index (χ1n) is 9.02. The van der Waals surface area contributed by atoms with E-state index in [9.17, 15) is 4.79 Å². The number of rotatable bonds is 4. The van der Waals surface area contributed by atoms with Gasteiger partial charge in [0.1, 0.15) is 5.75 Å². The van der Waals surface area contributed by atoms with Crippen LogP contribution in [0, 0.1) is 0 Å². The second-order valence-corrected chi connectivity index (χ2v) is 9.02. The topological polar surface area (TPSA) is 38.3 Å². The molecule has 0 amide bonds. The molecule has 1 fully saturated rings. The van der Waals surface area contributed by atoms with Crippen molar-refractivity contribution in [2.45, 2.75) is 77.7 Å². The Morgan fingerprint density at radius 1 is 1.12 bits per heavy atom. The van der Waals surface area contributed by atoms with E-state index in [2.05, 4.69) is 59.0 Å². The molecule has 2 rings (SSSR count). The second kappa shape index (κ2) is 6.87. The molecule has 0 aromatic heterocycles. The molecule has 1 unspecified atom stereocenters. The molecule has 1 aliphatic heterocycles. The molecular formula is C21H33NO2. The number of nitrogens with one attached hydrogen (secondary N) is 1. The van der Waals surface area contributed by atoms with Gasteiger partial charge in [-0.25, -0.2) is 0 Å². The Bertz CT molecular complexity index is 564. The van der Waals surface area contributed by atoms with Gasteiger partial charge < -0.3 is 10.1 Å². The van der Waals surface area contributed by atoms with Crippen molar-refractivity contribution < 1.29 is 9.53 Å². The average Bonchev–Trinajstić information content (AvgIpc) is 2.98. The van der Waals surface area contributed by atoms with E-state index in [0.717, 1.165) is 30.7 Å². The second-order valence-electron chi connectivity index (χ2n) is 9.02. The molecule has 0 saturated carbocycles. The Balaban J connectivity index is 2.46. The summed E-state index contributed by atoms with van der Waals surface area (Å²) in [6, 6.07) is 4.37. The van der Waals surface area contributed by atoms with E-state index >= 15 is 0 Å². The fourth-order valence-electron chi connectivity index (χ4n) is 3.41. The van der Waals surface area contributed by atoms with Crippen LogP contribution in [0.1, 0.15) is 71.1 Å². The lowest BCUT2D eigenvalue weighted by atomic mass is 9.78. The molecule has 3 nitrogen and oxygen atoms in total. The Labute approximate surface area is 147 Å². The van der Waals surface area contributed by atoms with Gasteiger partial charge in [0.15, 0.2) is 5.78 Å². The van der Waals surface area contributed by atoms with Crippen LogP contribution in [0.2, 0.25) is 0 Å². The van der Waals surface area contributed by atoms with Gasteiger partial charge in [-0.1, -0.05) is 53.7 Å². The van der Waals surface area contributed by atoms with Crippen molar-refractivity contribution in [1.29, 1.82) is 0 Å². The highest BCUT2D eigenvalue weighted by atomic mass is 16.5. The minimum absolute atomic E-state index is 0.0308. The lowest BCUT2D eigenvalue weighted by Gasteiger charge is -2.30. The lowest BCUT2D eigenvalue weighted by molar-refractivity contribution is -0.120. The quantitative estimate of drug-likeness (QED) is 0.900. The first kappa shape index (κ1) is 19.0. The summed E-state index contributed by atoms with van der Waals surface area (Å²) in [4.78, 5) is 12.6. The Kier molecular flexibility index (Phi) is 5.44. The Morgan fingerprint density at radius 3 is 2.04 bits per heavy atom. The molecule has 1 heterocycles. The third-order valence-electron chi connectivity index (χ3n) is 4.80. The van der Waals surface area contributed by atoms with Crippen molar-refractivity contribution in [3.8, 4) is 5.75 Å². The molecule has 3 heteroatoms.